The molecule has 0 unspecified atom stereocenters. The lowest BCUT2D eigenvalue weighted by Crippen LogP contribution is -2.38. The fourth-order valence-electron chi connectivity index (χ4n) is 5.76. The van der Waals surface area contributed by atoms with Crippen molar-refractivity contribution in [1.82, 2.24) is 4.90 Å². The lowest BCUT2D eigenvalue weighted by Gasteiger charge is -2.35. The first kappa shape index (κ1) is 20.4. The van der Waals surface area contributed by atoms with E-state index in [1.54, 1.807) is 0 Å². The number of para-hydroxylation sites is 1. The number of hydrogen-bond donors (Lipinski definition) is 1. The van der Waals surface area contributed by atoms with Gasteiger partial charge in [-0.1, -0.05) is 24.3 Å². The lowest BCUT2D eigenvalue weighted by atomic mass is 9.96. The first-order chi connectivity index (χ1) is 15.0. The van der Waals surface area contributed by atoms with Crippen LogP contribution in [-0.4, -0.2) is 42.3 Å². The molecule has 3 atom stereocenters. The third-order valence-corrected chi connectivity index (χ3v) is 7.34. The molecule has 0 aliphatic carbocycles. The summed E-state index contributed by atoms with van der Waals surface area (Å²) < 4.78 is 28.3. The highest BCUT2D eigenvalue weighted by molar-refractivity contribution is 5.81. The van der Waals surface area contributed by atoms with E-state index < -0.39 is 12.0 Å². The van der Waals surface area contributed by atoms with Crippen LogP contribution < -0.4 is 10.6 Å². The Balaban J connectivity index is 1.56. The number of alkyl halides is 1. The van der Waals surface area contributed by atoms with Crippen LogP contribution in [0.5, 0.6) is 0 Å². The predicted molar refractivity (Wildman–Crippen MR) is 118 cm³/mol. The van der Waals surface area contributed by atoms with E-state index in [4.69, 9.17) is 11.0 Å². The Morgan fingerprint density at radius 3 is 2.55 bits per heavy atom. The van der Waals surface area contributed by atoms with Gasteiger partial charge in [-0.15, -0.1) is 0 Å². The van der Waals surface area contributed by atoms with E-state index in [1.165, 1.54) is 24.1 Å². The SMILES string of the molecule is N#Cc1ccc(-c2cccc(CN3[C@@H]4CC[C@H]3[C@@H](N)C4)c2N2CCC(F)CC2)cc1F. The van der Waals surface area contributed by atoms with E-state index in [1.807, 2.05) is 24.3 Å². The molecule has 2 N–H and O–H groups in total. The van der Waals surface area contributed by atoms with Crippen LogP contribution in [0.3, 0.4) is 0 Å². The molecule has 6 heteroatoms. The van der Waals surface area contributed by atoms with Crippen molar-refractivity contribution in [2.75, 3.05) is 18.0 Å². The second kappa shape index (κ2) is 8.22. The Hall–Kier alpha value is -2.49. The highest BCUT2D eigenvalue weighted by Crippen LogP contribution is 2.42. The van der Waals surface area contributed by atoms with E-state index in [-0.39, 0.29) is 11.6 Å². The minimum atomic E-state index is -0.758. The van der Waals surface area contributed by atoms with Crippen LogP contribution in [0.2, 0.25) is 0 Å². The van der Waals surface area contributed by atoms with E-state index >= 15 is 0 Å². The number of nitrogens with two attached hydrogens (primary N) is 1. The van der Waals surface area contributed by atoms with Crippen molar-refractivity contribution in [3.63, 3.8) is 0 Å². The number of benzene rings is 2. The molecular formula is C25H28F2N4. The second-order valence-electron chi connectivity index (χ2n) is 9.15. The first-order valence-corrected chi connectivity index (χ1v) is 11.3. The molecule has 4 nitrogen and oxygen atoms in total. The predicted octanol–water partition coefficient (Wildman–Crippen LogP) is 4.37. The molecule has 2 bridgehead atoms. The maximum absolute atomic E-state index is 14.4. The molecule has 3 fully saturated rings. The van der Waals surface area contributed by atoms with Crippen LogP contribution >= 0.6 is 0 Å². The van der Waals surface area contributed by atoms with Crippen molar-refractivity contribution in [3.8, 4) is 17.2 Å². The first-order valence-electron chi connectivity index (χ1n) is 11.3. The Morgan fingerprint density at radius 1 is 1.10 bits per heavy atom. The monoisotopic (exact) mass is 422 g/mol. The molecule has 3 aliphatic rings. The zero-order valence-corrected chi connectivity index (χ0v) is 17.6. The summed E-state index contributed by atoms with van der Waals surface area (Å²) in [5.41, 5.74) is 10.3. The lowest BCUT2D eigenvalue weighted by molar-refractivity contribution is 0.239. The van der Waals surface area contributed by atoms with Crippen LogP contribution in [0.4, 0.5) is 14.5 Å². The van der Waals surface area contributed by atoms with Gasteiger partial charge in [0.15, 0.2) is 0 Å². The summed E-state index contributed by atoms with van der Waals surface area (Å²) in [6.45, 7) is 2.10. The quantitative estimate of drug-likeness (QED) is 0.795. The maximum Gasteiger partial charge on any atom is 0.141 e. The van der Waals surface area contributed by atoms with Gasteiger partial charge in [0, 0.05) is 49.0 Å². The molecule has 3 heterocycles. The summed E-state index contributed by atoms with van der Waals surface area (Å²) in [7, 11) is 0. The topological polar surface area (TPSA) is 56.3 Å². The van der Waals surface area contributed by atoms with Crippen molar-refractivity contribution < 1.29 is 8.78 Å². The maximum atomic E-state index is 14.4. The fourth-order valence-corrected chi connectivity index (χ4v) is 5.76. The summed E-state index contributed by atoms with van der Waals surface area (Å²) in [6, 6.07) is 14.0. The molecule has 5 rings (SSSR count). The third-order valence-electron chi connectivity index (χ3n) is 7.34. The summed E-state index contributed by atoms with van der Waals surface area (Å²) in [4.78, 5) is 4.79. The van der Waals surface area contributed by atoms with Crippen LogP contribution in [-0.2, 0) is 6.54 Å². The zero-order chi connectivity index (χ0) is 21.5. The van der Waals surface area contributed by atoms with Crippen molar-refractivity contribution in [1.29, 1.82) is 5.26 Å². The van der Waals surface area contributed by atoms with E-state index in [0.29, 0.717) is 38.0 Å². The van der Waals surface area contributed by atoms with E-state index in [0.717, 1.165) is 36.2 Å². The van der Waals surface area contributed by atoms with Gasteiger partial charge in [-0.25, -0.2) is 8.78 Å². The number of anilines is 1. The molecule has 3 saturated heterocycles. The number of piperidine rings is 1. The molecule has 0 aromatic heterocycles. The van der Waals surface area contributed by atoms with Crippen LogP contribution in [0.25, 0.3) is 11.1 Å². The third kappa shape index (κ3) is 3.71. The normalized spacial score (nSPS) is 26.4. The van der Waals surface area contributed by atoms with Gasteiger partial charge in [0.1, 0.15) is 18.1 Å². The number of nitriles is 1. The Bertz CT molecular complexity index is 1010. The number of halogens is 2. The standard InChI is InChI=1S/C25H28F2N4/c26-19-8-10-30(11-9-19)25-18(15-31-20-6-7-24(31)23(29)13-20)2-1-3-21(25)16-4-5-17(14-28)22(27)12-16/h1-5,12,19-20,23-24H,6-11,13,15,29H2/t20-,23+,24+/m1/s1. The summed E-state index contributed by atoms with van der Waals surface area (Å²) in [6.07, 6.45) is 3.65. The van der Waals surface area contributed by atoms with Crippen LogP contribution in [0.15, 0.2) is 36.4 Å². The minimum absolute atomic E-state index is 0.0438. The van der Waals surface area contributed by atoms with Crippen molar-refractivity contribution in [2.45, 2.75) is 62.9 Å². The Morgan fingerprint density at radius 2 is 1.90 bits per heavy atom. The minimum Gasteiger partial charge on any atom is -0.371 e. The van der Waals surface area contributed by atoms with E-state index in [9.17, 15) is 8.78 Å². The number of fused-ring (bicyclic) bond motifs is 2. The van der Waals surface area contributed by atoms with Gasteiger partial charge in [0.2, 0.25) is 0 Å². The van der Waals surface area contributed by atoms with Gasteiger partial charge in [-0.05, 0) is 55.4 Å². The number of nitrogens with zero attached hydrogens (tertiary/aromatic N) is 3. The van der Waals surface area contributed by atoms with Gasteiger partial charge in [-0.2, -0.15) is 5.26 Å². The smallest absolute Gasteiger partial charge is 0.141 e. The molecule has 162 valence electrons. The number of hydrogen-bond acceptors (Lipinski definition) is 4. The average molecular weight is 423 g/mol. The molecule has 0 spiro atoms. The Kier molecular flexibility index (Phi) is 5.41. The zero-order valence-electron chi connectivity index (χ0n) is 17.6. The molecule has 0 saturated carbocycles. The van der Waals surface area contributed by atoms with Crippen LogP contribution in [0.1, 0.15) is 43.2 Å². The molecule has 2 aromatic carbocycles. The molecule has 31 heavy (non-hydrogen) atoms. The van der Waals surface area contributed by atoms with Gasteiger partial charge < -0.3 is 10.6 Å². The molecular weight excluding hydrogens is 394 g/mol. The van der Waals surface area contributed by atoms with Crippen LogP contribution in [0, 0.1) is 17.1 Å². The van der Waals surface area contributed by atoms with E-state index in [2.05, 4.69) is 15.9 Å². The summed E-state index contributed by atoms with van der Waals surface area (Å²) in [5.74, 6) is -0.512. The molecule has 0 radical (unpaired) electrons. The second-order valence-corrected chi connectivity index (χ2v) is 9.15. The average Bonchev–Trinajstić information content (AvgIpc) is 3.29. The molecule has 2 aromatic rings. The summed E-state index contributed by atoms with van der Waals surface area (Å²) in [5, 5.41) is 9.09. The van der Waals surface area contributed by atoms with Crippen molar-refractivity contribution >= 4 is 5.69 Å². The highest BCUT2D eigenvalue weighted by Gasteiger charge is 2.44. The van der Waals surface area contributed by atoms with Gasteiger partial charge in [0.05, 0.1) is 5.56 Å². The van der Waals surface area contributed by atoms with Gasteiger partial charge >= 0.3 is 0 Å². The highest BCUT2D eigenvalue weighted by atomic mass is 19.1. The van der Waals surface area contributed by atoms with Crippen molar-refractivity contribution in [2.24, 2.45) is 5.73 Å². The molecule has 3 aliphatic heterocycles. The molecule has 0 amide bonds. The van der Waals surface area contributed by atoms with Crippen molar-refractivity contribution in [3.05, 3.63) is 53.3 Å². The largest absolute Gasteiger partial charge is 0.371 e. The number of rotatable bonds is 4. The van der Waals surface area contributed by atoms with Gasteiger partial charge in [-0.3, -0.25) is 4.90 Å². The fraction of sp³-hybridized carbons (Fsp3) is 0.480. The Labute approximate surface area is 182 Å². The van der Waals surface area contributed by atoms with Gasteiger partial charge in [0.25, 0.3) is 0 Å². The summed E-state index contributed by atoms with van der Waals surface area (Å²) >= 11 is 0.